The molecule has 0 radical (unpaired) electrons. The summed E-state index contributed by atoms with van der Waals surface area (Å²) in [6.45, 7) is 6.19. The van der Waals surface area contributed by atoms with E-state index in [1.807, 2.05) is 38.1 Å². The second-order valence-corrected chi connectivity index (χ2v) is 9.45. The van der Waals surface area contributed by atoms with E-state index < -0.39 is 27.6 Å². The van der Waals surface area contributed by atoms with Crippen LogP contribution in [0.1, 0.15) is 55.4 Å². The molecule has 2 atom stereocenters. The van der Waals surface area contributed by atoms with E-state index in [0.717, 1.165) is 17.6 Å². The van der Waals surface area contributed by atoms with Gasteiger partial charge in [-0.1, -0.05) is 45.0 Å². The summed E-state index contributed by atoms with van der Waals surface area (Å²) in [6.07, 6.45) is 1.31. The Morgan fingerprint density at radius 1 is 0.909 bits per heavy atom. The zero-order valence-electron chi connectivity index (χ0n) is 18.5. The molecular weight excluding hydrogens is 422 g/mol. The van der Waals surface area contributed by atoms with Gasteiger partial charge in [0.25, 0.3) is 17.5 Å². The third-order valence-electron chi connectivity index (χ3n) is 7.97. The van der Waals surface area contributed by atoms with Gasteiger partial charge < -0.3 is 0 Å². The molecule has 168 valence electrons. The van der Waals surface area contributed by atoms with Crippen molar-refractivity contribution in [3.05, 3.63) is 75.6 Å². The third kappa shape index (κ3) is 2.59. The van der Waals surface area contributed by atoms with Gasteiger partial charge in [0, 0.05) is 11.5 Å². The van der Waals surface area contributed by atoms with E-state index in [1.165, 1.54) is 24.3 Å². The van der Waals surface area contributed by atoms with Crippen molar-refractivity contribution in [2.24, 2.45) is 5.41 Å². The smallest absolute Gasteiger partial charge is 0.272 e. The van der Waals surface area contributed by atoms with Crippen LogP contribution in [-0.4, -0.2) is 26.7 Å². The molecule has 2 aromatic carbocycles. The summed E-state index contributed by atoms with van der Waals surface area (Å²) in [7, 11) is 0. The SMILES string of the molecule is CC12CCC(C(=O)NNC(=O)c3ccccc3[N+](=O)[O-])(c3nc4ccccc4nc31)C2(C)C. The number of para-hydroxylation sites is 3. The number of amides is 2. The minimum atomic E-state index is -0.996. The molecule has 1 fully saturated rings. The Bertz CT molecular complexity index is 1350. The lowest BCUT2D eigenvalue weighted by Crippen LogP contribution is -2.55. The lowest BCUT2D eigenvalue weighted by Gasteiger charge is -2.39. The topological polar surface area (TPSA) is 127 Å². The molecule has 2 aliphatic carbocycles. The number of carbonyl (C=O) groups excluding carboxylic acids is 2. The van der Waals surface area contributed by atoms with Gasteiger partial charge in [-0.25, -0.2) is 9.97 Å². The quantitative estimate of drug-likeness (QED) is 0.470. The van der Waals surface area contributed by atoms with E-state index in [-0.39, 0.29) is 16.7 Å². The highest BCUT2D eigenvalue weighted by atomic mass is 16.6. The van der Waals surface area contributed by atoms with Crippen LogP contribution in [0.5, 0.6) is 0 Å². The van der Waals surface area contributed by atoms with Gasteiger partial charge in [-0.05, 0) is 36.5 Å². The van der Waals surface area contributed by atoms with Crippen molar-refractivity contribution in [1.82, 2.24) is 20.8 Å². The standard InChI is InChI=1S/C24H23N5O4/c1-22(2)23(3)12-13-24(22,19-18(23)25-15-9-5-6-10-16(15)26-19)21(31)28-27-20(30)14-8-4-7-11-17(14)29(32)33/h4-11H,12-13H2,1-3H3,(H,27,30)(H,28,31). The lowest BCUT2D eigenvalue weighted by molar-refractivity contribution is -0.385. The normalized spacial score (nSPS) is 24.3. The Balaban J connectivity index is 1.52. The molecule has 0 spiro atoms. The second-order valence-electron chi connectivity index (χ2n) is 9.45. The van der Waals surface area contributed by atoms with Gasteiger partial charge in [0.2, 0.25) is 0 Å². The summed E-state index contributed by atoms with van der Waals surface area (Å²) in [5, 5.41) is 11.3. The number of aromatic nitrogens is 2. The van der Waals surface area contributed by atoms with Crippen molar-refractivity contribution in [1.29, 1.82) is 0 Å². The molecule has 2 amide bonds. The van der Waals surface area contributed by atoms with Crippen molar-refractivity contribution >= 4 is 28.5 Å². The number of hydrazine groups is 1. The average molecular weight is 445 g/mol. The summed E-state index contributed by atoms with van der Waals surface area (Å²) in [5.74, 6) is -1.15. The molecule has 2 bridgehead atoms. The Kier molecular flexibility index (Phi) is 4.33. The molecule has 2 aliphatic rings. The van der Waals surface area contributed by atoms with Gasteiger partial charge in [-0.15, -0.1) is 0 Å². The molecule has 9 nitrogen and oxygen atoms in total. The van der Waals surface area contributed by atoms with Gasteiger partial charge in [0.1, 0.15) is 11.0 Å². The number of nitro benzene ring substituents is 1. The molecule has 0 saturated heterocycles. The average Bonchev–Trinajstić information content (AvgIpc) is 3.10. The Morgan fingerprint density at radius 2 is 1.52 bits per heavy atom. The first kappa shape index (κ1) is 21.0. The van der Waals surface area contributed by atoms with Crippen LogP contribution in [0.3, 0.4) is 0 Å². The zero-order chi connectivity index (χ0) is 23.6. The molecule has 9 heteroatoms. The fourth-order valence-electron chi connectivity index (χ4n) is 5.66. The van der Waals surface area contributed by atoms with Crippen LogP contribution in [0.25, 0.3) is 11.0 Å². The first-order chi connectivity index (χ1) is 15.6. The Hall–Kier alpha value is -3.88. The number of nitrogens with zero attached hydrogens (tertiary/aromatic N) is 3. The number of carbonyl (C=O) groups is 2. The van der Waals surface area contributed by atoms with Gasteiger partial charge in [0.05, 0.1) is 27.3 Å². The number of hydrogen-bond acceptors (Lipinski definition) is 6. The molecule has 1 saturated carbocycles. The second kappa shape index (κ2) is 6.81. The van der Waals surface area contributed by atoms with Gasteiger partial charge in [0.15, 0.2) is 0 Å². The molecule has 1 heterocycles. The summed E-state index contributed by atoms with van der Waals surface area (Å²) in [5.41, 5.74) is 5.51. The highest BCUT2D eigenvalue weighted by Crippen LogP contribution is 2.70. The maximum absolute atomic E-state index is 13.7. The summed E-state index contributed by atoms with van der Waals surface area (Å²) in [6, 6.07) is 13.2. The molecule has 2 unspecified atom stereocenters. The van der Waals surface area contributed by atoms with E-state index in [2.05, 4.69) is 17.8 Å². The van der Waals surface area contributed by atoms with Gasteiger partial charge in [-0.2, -0.15) is 0 Å². The van der Waals surface area contributed by atoms with Crippen molar-refractivity contribution in [3.63, 3.8) is 0 Å². The molecule has 3 aromatic rings. The van der Waals surface area contributed by atoms with Crippen molar-refractivity contribution < 1.29 is 14.5 Å². The number of nitro groups is 1. The van der Waals surface area contributed by atoms with E-state index >= 15 is 0 Å². The van der Waals surface area contributed by atoms with Crippen molar-refractivity contribution in [2.45, 2.75) is 44.4 Å². The van der Waals surface area contributed by atoms with Crippen LogP contribution in [0, 0.1) is 15.5 Å². The Morgan fingerprint density at radius 3 is 2.18 bits per heavy atom. The largest absolute Gasteiger partial charge is 0.282 e. The fourth-order valence-corrected chi connectivity index (χ4v) is 5.66. The summed E-state index contributed by atoms with van der Waals surface area (Å²) < 4.78 is 0. The van der Waals surface area contributed by atoms with Crippen LogP contribution in [0.15, 0.2) is 48.5 Å². The number of fused-ring (bicyclic) bond motifs is 6. The van der Waals surface area contributed by atoms with E-state index in [0.29, 0.717) is 17.6 Å². The molecule has 33 heavy (non-hydrogen) atoms. The lowest BCUT2D eigenvalue weighted by atomic mass is 9.63. The predicted molar refractivity (Wildman–Crippen MR) is 120 cm³/mol. The minimum Gasteiger partial charge on any atom is -0.272 e. The number of rotatable bonds is 3. The first-order valence-corrected chi connectivity index (χ1v) is 10.8. The summed E-state index contributed by atoms with van der Waals surface area (Å²) in [4.78, 5) is 46.8. The van der Waals surface area contributed by atoms with E-state index in [4.69, 9.17) is 9.97 Å². The molecule has 1 aromatic heterocycles. The zero-order valence-corrected chi connectivity index (χ0v) is 18.5. The minimum absolute atomic E-state index is 0.131. The predicted octanol–water partition coefficient (Wildman–Crippen LogP) is 3.33. The highest BCUT2D eigenvalue weighted by molar-refractivity contribution is 6.00. The van der Waals surface area contributed by atoms with Gasteiger partial charge >= 0.3 is 0 Å². The molecule has 2 N–H and O–H groups in total. The fraction of sp³-hybridized carbons (Fsp3) is 0.333. The van der Waals surface area contributed by atoms with Crippen LogP contribution >= 0.6 is 0 Å². The number of benzene rings is 2. The van der Waals surface area contributed by atoms with Crippen molar-refractivity contribution in [3.8, 4) is 0 Å². The van der Waals surface area contributed by atoms with Crippen molar-refractivity contribution in [2.75, 3.05) is 0 Å². The maximum Gasteiger partial charge on any atom is 0.282 e. The maximum atomic E-state index is 13.7. The third-order valence-corrected chi connectivity index (χ3v) is 7.97. The number of nitrogens with one attached hydrogen (secondary N) is 2. The highest BCUT2D eigenvalue weighted by Gasteiger charge is 2.73. The van der Waals surface area contributed by atoms with Crippen LogP contribution < -0.4 is 10.9 Å². The van der Waals surface area contributed by atoms with E-state index in [1.54, 1.807) is 0 Å². The molecular formula is C24H23N5O4. The Labute approximate surface area is 189 Å². The first-order valence-electron chi connectivity index (χ1n) is 10.8. The van der Waals surface area contributed by atoms with Crippen LogP contribution in [0.2, 0.25) is 0 Å². The van der Waals surface area contributed by atoms with Gasteiger partial charge in [-0.3, -0.25) is 30.6 Å². The molecule has 5 rings (SSSR count). The molecule has 0 aliphatic heterocycles. The van der Waals surface area contributed by atoms with Crippen LogP contribution in [-0.2, 0) is 15.6 Å². The van der Waals surface area contributed by atoms with E-state index in [9.17, 15) is 19.7 Å². The monoisotopic (exact) mass is 445 g/mol. The number of hydrogen-bond donors (Lipinski definition) is 2. The summed E-state index contributed by atoms with van der Waals surface area (Å²) >= 11 is 0. The van der Waals surface area contributed by atoms with Crippen LogP contribution in [0.4, 0.5) is 5.69 Å².